The lowest BCUT2D eigenvalue weighted by Gasteiger charge is -2.22. The molecule has 1 aliphatic heterocycles. The topological polar surface area (TPSA) is 96.9 Å². The van der Waals surface area contributed by atoms with Crippen LogP contribution in [0.4, 0.5) is 16.2 Å². The number of carbonyl (C=O) groups is 3. The highest BCUT2D eigenvalue weighted by atomic mass is 79.9. The number of hydrogen-bond donors (Lipinski definition) is 2. The van der Waals surface area contributed by atoms with Gasteiger partial charge in [-0.05, 0) is 63.1 Å². The molecule has 2 aromatic carbocycles. The molecule has 1 unspecified atom stereocenters. The number of Topliss-reactive ketones (excluding diaryl/α,β-unsaturated/α-hetero) is 1. The number of carbonyl (C=O) groups excluding carboxylic acids is 3. The van der Waals surface area contributed by atoms with Crippen molar-refractivity contribution in [2.45, 2.75) is 57.6 Å². The van der Waals surface area contributed by atoms with Crippen LogP contribution in [0.25, 0.3) is 0 Å². The number of esters is 1. The standard InChI is InChI=1S/C25H28BrN3O4/c1-25(2,3)33-23(31)13-12-22(30)21(14-16-15-27-20-7-5-4-6-19(16)20)29-24(32)28-18-10-8-17(26)9-11-18/h4-11,15-16,21H,12-14H2,1-3H3,(H2,28,29,32)/t16?,21-/m0/s1. The number of ether oxygens (including phenoxy) is 1. The Labute approximate surface area is 202 Å². The summed E-state index contributed by atoms with van der Waals surface area (Å²) < 4.78 is 6.19. The van der Waals surface area contributed by atoms with Gasteiger partial charge in [0.05, 0.1) is 18.2 Å². The number of urea groups is 1. The van der Waals surface area contributed by atoms with E-state index < -0.39 is 23.6 Å². The van der Waals surface area contributed by atoms with Gasteiger partial charge in [0.15, 0.2) is 5.78 Å². The predicted octanol–water partition coefficient (Wildman–Crippen LogP) is 5.52. The normalized spacial score (nSPS) is 15.5. The van der Waals surface area contributed by atoms with Crippen molar-refractivity contribution in [1.29, 1.82) is 0 Å². The zero-order valence-corrected chi connectivity index (χ0v) is 20.5. The van der Waals surface area contributed by atoms with Crippen LogP contribution in [-0.4, -0.2) is 35.6 Å². The molecule has 0 saturated heterocycles. The van der Waals surface area contributed by atoms with E-state index in [4.69, 9.17) is 4.74 Å². The Morgan fingerprint density at radius 3 is 2.45 bits per heavy atom. The molecule has 7 nitrogen and oxygen atoms in total. The summed E-state index contributed by atoms with van der Waals surface area (Å²) >= 11 is 3.36. The highest BCUT2D eigenvalue weighted by Gasteiger charge is 2.28. The van der Waals surface area contributed by atoms with Crippen molar-refractivity contribution in [2.75, 3.05) is 5.32 Å². The van der Waals surface area contributed by atoms with Gasteiger partial charge in [-0.25, -0.2) is 4.79 Å². The molecule has 2 aromatic rings. The highest BCUT2D eigenvalue weighted by Crippen LogP contribution is 2.34. The van der Waals surface area contributed by atoms with Crippen LogP contribution in [0.2, 0.25) is 0 Å². The van der Waals surface area contributed by atoms with Gasteiger partial charge >= 0.3 is 12.0 Å². The molecule has 0 spiro atoms. The maximum atomic E-state index is 13.0. The van der Waals surface area contributed by atoms with Crippen molar-refractivity contribution < 1.29 is 19.1 Å². The molecule has 0 radical (unpaired) electrons. The average molecular weight is 514 g/mol. The molecule has 0 aliphatic carbocycles. The first-order chi connectivity index (χ1) is 15.6. The second-order valence-corrected chi connectivity index (χ2v) is 9.81. The molecule has 174 valence electrons. The quantitative estimate of drug-likeness (QED) is 0.454. The molecule has 3 rings (SSSR count). The Morgan fingerprint density at radius 1 is 1.06 bits per heavy atom. The molecule has 0 aromatic heterocycles. The van der Waals surface area contributed by atoms with Gasteiger partial charge in [-0.2, -0.15) is 0 Å². The monoisotopic (exact) mass is 513 g/mol. The number of benzene rings is 2. The Hall–Kier alpha value is -3.00. The largest absolute Gasteiger partial charge is 0.460 e. The van der Waals surface area contributed by atoms with Gasteiger partial charge in [0.25, 0.3) is 0 Å². The van der Waals surface area contributed by atoms with E-state index in [0.717, 1.165) is 15.7 Å². The maximum absolute atomic E-state index is 13.0. The summed E-state index contributed by atoms with van der Waals surface area (Å²) in [5.74, 6) is -0.782. The summed E-state index contributed by atoms with van der Waals surface area (Å²) in [6, 6.07) is 13.6. The lowest BCUT2D eigenvalue weighted by atomic mass is 9.91. The maximum Gasteiger partial charge on any atom is 0.319 e. The average Bonchev–Trinajstić information content (AvgIpc) is 3.15. The van der Waals surface area contributed by atoms with Crippen LogP contribution in [0, 0.1) is 0 Å². The van der Waals surface area contributed by atoms with Gasteiger partial charge in [-0.15, -0.1) is 0 Å². The van der Waals surface area contributed by atoms with Gasteiger partial charge < -0.3 is 15.4 Å². The van der Waals surface area contributed by atoms with Crippen LogP contribution >= 0.6 is 15.9 Å². The second kappa shape index (κ2) is 10.7. The summed E-state index contributed by atoms with van der Waals surface area (Å²) in [6.45, 7) is 5.33. The lowest BCUT2D eigenvalue weighted by molar-refractivity contribution is -0.155. The minimum Gasteiger partial charge on any atom is -0.460 e. The van der Waals surface area contributed by atoms with E-state index in [1.807, 2.05) is 36.4 Å². The number of nitrogens with one attached hydrogen (secondary N) is 2. The van der Waals surface area contributed by atoms with Gasteiger partial charge in [-0.1, -0.05) is 34.1 Å². The summed E-state index contributed by atoms with van der Waals surface area (Å²) in [6.07, 6.45) is 2.08. The molecule has 2 atom stereocenters. The van der Waals surface area contributed by atoms with Crippen LogP contribution in [-0.2, 0) is 14.3 Å². The fourth-order valence-corrected chi connectivity index (χ4v) is 3.80. The number of anilines is 1. The van der Waals surface area contributed by atoms with E-state index in [0.29, 0.717) is 12.1 Å². The van der Waals surface area contributed by atoms with E-state index in [9.17, 15) is 14.4 Å². The molecule has 0 fully saturated rings. The molecule has 0 bridgehead atoms. The van der Waals surface area contributed by atoms with Gasteiger partial charge in [0, 0.05) is 28.7 Å². The Kier molecular flexibility index (Phi) is 8.02. The Bertz CT molecular complexity index is 1040. The molecule has 8 heteroatoms. The highest BCUT2D eigenvalue weighted by molar-refractivity contribution is 9.10. The van der Waals surface area contributed by atoms with Crippen LogP contribution < -0.4 is 10.6 Å². The number of ketones is 1. The Morgan fingerprint density at radius 2 is 1.76 bits per heavy atom. The number of fused-ring (bicyclic) bond motifs is 1. The van der Waals surface area contributed by atoms with E-state index in [1.165, 1.54) is 0 Å². The number of hydrogen-bond acceptors (Lipinski definition) is 5. The molecule has 2 N–H and O–H groups in total. The third kappa shape index (κ3) is 7.53. The van der Waals surface area contributed by atoms with Crippen molar-refractivity contribution >= 4 is 51.3 Å². The van der Waals surface area contributed by atoms with E-state index >= 15 is 0 Å². The van der Waals surface area contributed by atoms with E-state index in [-0.39, 0.29) is 24.5 Å². The third-order valence-electron chi connectivity index (χ3n) is 5.01. The first-order valence-corrected chi connectivity index (χ1v) is 11.6. The number of para-hydroxylation sites is 1. The smallest absolute Gasteiger partial charge is 0.319 e. The summed E-state index contributed by atoms with van der Waals surface area (Å²) in [5, 5.41) is 5.53. The van der Waals surface area contributed by atoms with Crippen LogP contribution in [0.3, 0.4) is 0 Å². The first-order valence-electron chi connectivity index (χ1n) is 10.8. The van der Waals surface area contributed by atoms with Crippen LogP contribution in [0.15, 0.2) is 58.0 Å². The first kappa shape index (κ1) is 24.6. The van der Waals surface area contributed by atoms with Crippen molar-refractivity contribution in [3.05, 3.63) is 58.6 Å². The molecule has 0 saturated carbocycles. The molecular weight excluding hydrogens is 486 g/mol. The van der Waals surface area contributed by atoms with Crippen molar-refractivity contribution in [2.24, 2.45) is 4.99 Å². The third-order valence-corrected chi connectivity index (χ3v) is 5.54. The fourth-order valence-electron chi connectivity index (χ4n) is 3.53. The number of amides is 2. The summed E-state index contributed by atoms with van der Waals surface area (Å²) in [5.41, 5.74) is 1.86. The van der Waals surface area contributed by atoms with E-state index in [2.05, 4.69) is 31.6 Å². The molecule has 1 heterocycles. The number of aliphatic imine (C=N–C) groups is 1. The van der Waals surface area contributed by atoms with Crippen LogP contribution in [0.5, 0.6) is 0 Å². The van der Waals surface area contributed by atoms with Crippen LogP contribution in [0.1, 0.15) is 51.5 Å². The zero-order chi connectivity index (χ0) is 24.0. The molecule has 1 aliphatic rings. The number of halogens is 1. The summed E-state index contributed by atoms with van der Waals surface area (Å²) in [7, 11) is 0. The van der Waals surface area contributed by atoms with Gasteiger partial charge in [0.2, 0.25) is 0 Å². The number of rotatable bonds is 8. The molecule has 33 heavy (non-hydrogen) atoms. The Balaban J connectivity index is 1.68. The van der Waals surface area contributed by atoms with Crippen molar-refractivity contribution in [3.63, 3.8) is 0 Å². The predicted molar refractivity (Wildman–Crippen MR) is 132 cm³/mol. The van der Waals surface area contributed by atoms with Gasteiger partial charge in [-0.3, -0.25) is 14.6 Å². The second-order valence-electron chi connectivity index (χ2n) is 8.89. The molecular formula is C25H28BrN3O4. The van der Waals surface area contributed by atoms with E-state index in [1.54, 1.807) is 39.1 Å². The minimum atomic E-state index is -0.787. The molecule has 2 amide bonds. The van der Waals surface area contributed by atoms with Gasteiger partial charge in [0.1, 0.15) is 5.60 Å². The van der Waals surface area contributed by atoms with Crippen molar-refractivity contribution in [3.8, 4) is 0 Å². The number of nitrogens with zero attached hydrogens (tertiary/aromatic N) is 1. The van der Waals surface area contributed by atoms with Crippen molar-refractivity contribution in [1.82, 2.24) is 5.32 Å². The fraction of sp³-hybridized carbons (Fsp3) is 0.360. The SMILES string of the molecule is CC(C)(C)OC(=O)CCC(=O)[C@H](CC1C=Nc2ccccc21)NC(=O)Nc1ccc(Br)cc1. The summed E-state index contributed by atoms with van der Waals surface area (Å²) in [4.78, 5) is 42.2. The lowest BCUT2D eigenvalue weighted by Crippen LogP contribution is -2.44. The minimum absolute atomic E-state index is 0.0242. The zero-order valence-electron chi connectivity index (χ0n) is 18.9.